The molecule has 2 rings (SSSR count). The van der Waals surface area contributed by atoms with Crippen molar-refractivity contribution in [3.8, 4) is 11.6 Å². The summed E-state index contributed by atoms with van der Waals surface area (Å²) in [6.45, 7) is 6.60. The maximum Gasteiger partial charge on any atom is 0.280 e. The van der Waals surface area contributed by atoms with E-state index in [-0.39, 0.29) is 11.7 Å². The fourth-order valence-corrected chi connectivity index (χ4v) is 2.13. The minimum absolute atomic E-state index is 0.261. The van der Waals surface area contributed by atoms with Crippen molar-refractivity contribution in [1.82, 2.24) is 20.1 Å². The maximum atomic E-state index is 5.84. The van der Waals surface area contributed by atoms with Crippen LogP contribution < -0.4 is 5.73 Å². The Kier molecular flexibility index (Phi) is 4.29. The molecule has 0 spiro atoms. The molecule has 2 heterocycles. The van der Waals surface area contributed by atoms with Crippen LogP contribution in [0.2, 0.25) is 0 Å². The van der Waals surface area contributed by atoms with Crippen molar-refractivity contribution in [3.05, 3.63) is 18.2 Å². The number of ether oxygens (including phenoxy) is 1. The van der Waals surface area contributed by atoms with Gasteiger partial charge in [0, 0.05) is 19.0 Å². The van der Waals surface area contributed by atoms with Crippen LogP contribution in [0.25, 0.3) is 11.6 Å². The number of aromatic nitrogens is 4. The molecule has 0 aliphatic heterocycles. The second-order valence-electron chi connectivity index (χ2n) is 4.35. The fraction of sp³-hybridized carbons (Fsp3) is 0.538. The van der Waals surface area contributed by atoms with Crippen LogP contribution in [0, 0.1) is 0 Å². The summed E-state index contributed by atoms with van der Waals surface area (Å²) in [5.74, 6) is 1.04. The van der Waals surface area contributed by atoms with Crippen molar-refractivity contribution >= 4 is 5.82 Å². The summed E-state index contributed by atoms with van der Waals surface area (Å²) in [6, 6.07) is 0. The average molecular weight is 277 g/mol. The Balaban J connectivity index is 2.39. The van der Waals surface area contributed by atoms with Crippen molar-refractivity contribution in [3.63, 3.8) is 0 Å². The molecule has 2 aromatic heterocycles. The lowest BCUT2D eigenvalue weighted by molar-refractivity contribution is -0.0583. The van der Waals surface area contributed by atoms with Crippen molar-refractivity contribution in [2.75, 3.05) is 12.3 Å². The van der Waals surface area contributed by atoms with Gasteiger partial charge in [-0.25, -0.2) is 9.97 Å². The Bertz CT molecular complexity index is 565. The van der Waals surface area contributed by atoms with Gasteiger partial charge in [-0.1, -0.05) is 19.0 Å². The fourth-order valence-electron chi connectivity index (χ4n) is 2.13. The zero-order valence-electron chi connectivity index (χ0n) is 12.0. The lowest BCUT2D eigenvalue weighted by Gasteiger charge is -2.27. The predicted molar refractivity (Wildman–Crippen MR) is 73.6 cm³/mol. The molecule has 7 heteroatoms. The van der Waals surface area contributed by atoms with Crippen molar-refractivity contribution in [2.24, 2.45) is 0 Å². The molecule has 0 unspecified atom stereocenters. The number of hydrogen-bond donors (Lipinski definition) is 1. The van der Waals surface area contributed by atoms with Gasteiger partial charge in [0.15, 0.2) is 11.5 Å². The Labute approximate surface area is 117 Å². The number of nitrogens with zero attached hydrogens (tertiary/aromatic N) is 4. The third kappa shape index (κ3) is 2.49. The zero-order chi connectivity index (χ0) is 14.6. The second kappa shape index (κ2) is 5.96. The molecular weight excluding hydrogens is 258 g/mol. The summed E-state index contributed by atoms with van der Waals surface area (Å²) in [5, 5.41) is 4.03. The van der Waals surface area contributed by atoms with Gasteiger partial charge in [0.2, 0.25) is 5.82 Å². The minimum Gasteiger partial charge on any atom is -0.382 e. The zero-order valence-corrected chi connectivity index (χ0v) is 12.0. The highest BCUT2D eigenvalue weighted by molar-refractivity contribution is 5.61. The van der Waals surface area contributed by atoms with Crippen LogP contribution in [-0.4, -0.2) is 26.7 Å². The highest BCUT2D eigenvalue weighted by atomic mass is 16.5. The van der Waals surface area contributed by atoms with E-state index in [1.807, 2.05) is 20.8 Å². The molecule has 7 nitrogen and oxygen atoms in total. The predicted octanol–water partition coefficient (Wildman–Crippen LogP) is 2.16. The van der Waals surface area contributed by atoms with Gasteiger partial charge in [-0.15, -0.1) is 0 Å². The molecule has 0 aliphatic carbocycles. The van der Waals surface area contributed by atoms with Gasteiger partial charge in [0.25, 0.3) is 5.89 Å². The van der Waals surface area contributed by atoms with E-state index < -0.39 is 5.60 Å². The van der Waals surface area contributed by atoms with Crippen LogP contribution in [-0.2, 0) is 10.3 Å². The number of nitrogen functional groups attached to an aromatic ring is 1. The highest BCUT2D eigenvalue weighted by Gasteiger charge is 2.35. The molecule has 0 aliphatic rings. The summed E-state index contributed by atoms with van der Waals surface area (Å²) in [4.78, 5) is 12.5. The van der Waals surface area contributed by atoms with Crippen molar-refractivity contribution < 1.29 is 9.26 Å². The largest absolute Gasteiger partial charge is 0.382 e. The molecule has 108 valence electrons. The van der Waals surface area contributed by atoms with Crippen LogP contribution in [0.3, 0.4) is 0 Å². The molecule has 0 radical (unpaired) electrons. The van der Waals surface area contributed by atoms with E-state index in [1.54, 1.807) is 0 Å². The molecule has 0 bridgehead atoms. The summed E-state index contributed by atoms with van der Waals surface area (Å²) < 4.78 is 11.1. The van der Waals surface area contributed by atoms with E-state index in [4.69, 9.17) is 15.0 Å². The van der Waals surface area contributed by atoms with Crippen LogP contribution in [0.4, 0.5) is 5.82 Å². The molecular formula is C13H19N5O2. The smallest absolute Gasteiger partial charge is 0.280 e. The topological polar surface area (TPSA) is 100.0 Å². The Hall–Kier alpha value is -2.02. The monoisotopic (exact) mass is 277 g/mol. The first kappa shape index (κ1) is 14.4. The number of anilines is 1. The van der Waals surface area contributed by atoms with Gasteiger partial charge in [0.05, 0.1) is 0 Å². The first-order valence-corrected chi connectivity index (χ1v) is 6.71. The first-order valence-electron chi connectivity index (χ1n) is 6.71. The van der Waals surface area contributed by atoms with Crippen LogP contribution in [0.5, 0.6) is 0 Å². The van der Waals surface area contributed by atoms with E-state index in [2.05, 4.69) is 20.1 Å². The van der Waals surface area contributed by atoms with E-state index in [0.29, 0.717) is 18.1 Å². The van der Waals surface area contributed by atoms with Gasteiger partial charge < -0.3 is 15.0 Å². The SMILES string of the molecule is CCOC(CC)(CC)c1noc(-c2nccnc2N)n1. The van der Waals surface area contributed by atoms with Gasteiger partial charge >= 0.3 is 0 Å². The lowest BCUT2D eigenvalue weighted by atomic mass is 9.96. The normalized spacial score (nSPS) is 11.8. The van der Waals surface area contributed by atoms with Gasteiger partial charge in [-0.2, -0.15) is 4.98 Å². The minimum atomic E-state index is -0.534. The van der Waals surface area contributed by atoms with E-state index in [0.717, 1.165) is 12.8 Å². The molecule has 0 fully saturated rings. The molecule has 20 heavy (non-hydrogen) atoms. The van der Waals surface area contributed by atoms with E-state index in [9.17, 15) is 0 Å². The van der Waals surface area contributed by atoms with E-state index >= 15 is 0 Å². The number of nitrogens with two attached hydrogens (primary N) is 1. The van der Waals surface area contributed by atoms with Crippen LogP contribution in [0.1, 0.15) is 39.4 Å². The third-order valence-corrected chi connectivity index (χ3v) is 3.33. The molecule has 0 amide bonds. The third-order valence-electron chi connectivity index (χ3n) is 3.33. The van der Waals surface area contributed by atoms with Crippen molar-refractivity contribution in [1.29, 1.82) is 0 Å². The number of rotatable bonds is 6. The van der Waals surface area contributed by atoms with Gasteiger partial charge in [-0.05, 0) is 19.8 Å². The summed E-state index contributed by atoms with van der Waals surface area (Å²) in [6.07, 6.45) is 4.56. The first-order chi connectivity index (χ1) is 9.66. The van der Waals surface area contributed by atoms with Crippen molar-refractivity contribution in [2.45, 2.75) is 39.2 Å². The Morgan fingerprint density at radius 2 is 1.90 bits per heavy atom. The molecule has 0 atom stereocenters. The molecule has 0 saturated heterocycles. The highest BCUT2D eigenvalue weighted by Crippen LogP contribution is 2.32. The van der Waals surface area contributed by atoms with Crippen LogP contribution >= 0.6 is 0 Å². The quantitative estimate of drug-likeness (QED) is 0.863. The van der Waals surface area contributed by atoms with E-state index in [1.165, 1.54) is 12.4 Å². The maximum absolute atomic E-state index is 5.84. The summed E-state index contributed by atoms with van der Waals surface area (Å²) in [5.41, 5.74) is 5.62. The molecule has 2 aromatic rings. The summed E-state index contributed by atoms with van der Waals surface area (Å²) >= 11 is 0. The Morgan fingerprint density at radius 1 is 1.20 bits per heavy atom. The van der Waals surface area contributed by atoms with Gasteiger partial charge in [0.1, 0.15) is 5.60 Å². The average Bonchev–Trinajstić information content (AvgIpc) is 2.95. The van der Waals surface area contributed by atoms with Crippen LogP contribution in [0.15, 0.2) is 16.9 Å². The molecule has 2 N–H and O–H groups in total. The summed E-state index contributed by atoms with van der Waals surface area (Å²) in [7, 11) is 0. The second-order valence-corrected chi connectivity index (χ2v) is 4.35. The van der Waals surface area contributed by atoms with Gasteiger partial charge in [-0.3, -0.25) is 0 Å². The lowest BCUT2D eigenvalue weighted by Crippen LogP contribution is -2.29. The number of hydrogen-bond acceptors (Lipinski definition) is 7. The molecule has 0 saturated carbocycles. The standard InChI is InChI=1S/C13H19N5O2/c1-4-13(5-2,19-6-3)12-17-11(20-18-12)9-10(14)16-8-7-15-9/h7-8H,4-6H2,1-3H3,(H2,14,16). The Morgan fingerprint density at radius 3 is 2.50 bits per heavy atom. The molecule has 0 aromatic carbocycles.